The van der Waals surface area contributed by atoms with Crippen molar-refractivity contribution in [2.75, 3.05) is 31.2 Å². The Kier molecular flexibility index (Phi) is 6.34. The first kappa shape index (κ1) is 14.9. The molecule has 0 saturated carbocycles. The molecule has 0 atom stereocenters. The first-order valence-electron chi connectivity index (χ1n) is 5.82. The van der Waals surface area contributed by atoms with Crippen molar-refractivity contribution in [2.45, 2.75) is 0 Å². The van der Waals surface area contributed by atoms with E-state index in [1.54, 1.807) is 0 Å². The van der Waals surface area contributed by atoms with E-state index >= 15 is 0 Å². The number of rotatable bonds is 7. The lowest BCUT2D eigenvalue weighted by molar-refractivity contribution is 0.249. The van der Waals surface area contributed by atoms with Crippen molar-refractivity contribution in [3.8, 4) is 0 Å². The van der Waals surface area contributed by atoms with Crippen molar-refractivity contribution in [1.29, 1.82) is 0 Å². The van der Waals surface area contributed by atoms with Crippen LogP contribution in [0.1, 0.15) is 5.56 Å². The molecule has 0 fully saturated rings. The zero-order valence-electron chi connectivity index (χ0n) is 10.5. The van der Waals surface area contributed by atoms with Gasteiger partial charge < -0.3 is 20.8 Å². The first-order chi connectivity index (χ1) is 9.17. The minimum atomic E-state index is -0.718. The molecule has 0 aromatic heterocycles. The number of nitrogens with one attached hydrogen (secondary N) is 1. The number of carbonyl (C=O) groups excluding carboxylic acids is 1. The molecule has 0 aliphatic rings. The second kappa shape index (κ2) is 8.06. The number of urea groups is 1. The van der Waals surface area contributed by atoms with Gasteiger partial charge in [-0.05, 0) is 17.7 Å². The molecule has 0 unspecified atom stereocenters. The maximum absolute atomic E-state index is 10.4. The van der Waals surface area contributed by atoms with Crippen molar-refractivity contribution in [3.63, 3.8) is 0 Å². The zero-order chi connectivity index (χ0) is 14.1. The lowest BCUT2D eigenvalue weighted by atomic mass is 10.2. The SMILES string of the molecule is NC(=O)N/N=C/c1ccc(N(CCO)CCO)cc1. The zero-order valence-corrected chi connectivity index (χ0v) is 10.5. The molecule has 19 heavy (non-hydrogen) atoms. The number of benzene rings is 1. The standard InChI is InChI=1S/C12H18N4O3/c13-12(19)15-14-9-10-1-3-11(4-2-10)16(5-7-17)6-8-18/h1-4,9,17-18H,5-8H2,(H3,13,15,19)/b14-9+. The molecular weight excluding hydrogens is 248 g/mol. The third kappa shape index (κ3) is 5.36. The summed E-state index contributed by atoms with van der Waals surface area (Å²) in [6.07, 6.45) is 1.47. The molecule has 5 N–H and O–H groups in total. The highest BCUT2D eigenvalue weighted by molar-refractivity contribution is 5.82. The van der Waals surface area contributed by atoms with Gasteiger partial charge >= 0.3 is 6.03 Å². The molecule has 1 aromatic carbocycles. The van der Waals surface area contributed by atoms with Gasteiger partial charge in [-0.15, -0.1) is 0 Å². The van der Waals surface area contributed by atoms with Crippen LogP contribution in [0.15, 0.2) is 29.4 Å². The van der Waals surface area contributed by atoms with E-state index in [0.717, 1.165) is 11.3 Å². The summed E-state index contributed by atoms with van der Waals surface area (Å²) in [5.41, 5.74) is 8.66. The fourth-order valence-corrected chi connectivity index (χ4v) is 1.55. The Morgan fingerprint density at radius 3 is 2.32 bits per heavy atom. The number of hydrazone groups is 1. The second-order valence-electron chi connectivity index (χ2n) is 3.76. The van der Waals surface area contributed by atoms with Gasteiger partial charge in [0.15, 0.2) is 0 Å². The number of carbonyl (C=O) groups is 1. The minimum Gasteiger partial charge on any atom is -0.395 e. The van der Waals surface area contributed by atoms with Gasteiger partial charge in [-0.1, -0.05) is 12.1 Å². The maximum atomic E-state index is 10.4. The lowest BCUT2D eigenvalue weighted by Crippen LogP contribution is -2.29. The molecule has 0 radical (unpaired) electrons. The van der Waals surface area contributed by atoms with Crippen molar-refractivity contribution >= 4 is 17.9 Å². The van der Waals surface area contributed by atoms with Crippen molar-refractivity contribution in [1.82, 2.24) is 5.43 Å². The first-order valence-corrected chi connectivity index (χ1v) is 5.82. The van der Waals surface area contributed by atoms with E-state index in [9.17, 15) is 4.79 Å². The molecule has 0 heterocycles. The highest BCUT2D eigenvalue weighted by Gasteiger charge is 2.04. The van der Waals surface area contributed by atoms with Gasteiger partial charge in [-0.3, -0.25) is 0 Å². The van der Waals surface area contributed by atoms with E-state index in [0.29, 0.717) is 13.1 Å². The quantitative estimate of drug-likeness (QED) is 0.393. The molecule has 2 amide bonds. The van der Waals surface area contributed by atoms with Gasteiger partial charge in [0.1, 0.15) is 0 Å². The number of anilines is 1. The lowest BCUT2D eigenvalue weighted by Gasteiger charge is -2.22. The van der Waals surface area contributed by atoms with Crippen molar-refractivity contribution in [2.24, 2.45) is 10.8 Å². The van der Waals surface area contributed by atoms with E-state index in [1.165, 1.54) is 6.21 Å². The van der Waals surface area contributed by atoms with Crippen LogP contribution in [0, 0.1) is 0 Å². The summed E-state index contributed by atoms with van der Waals surface area (Å²) in [5.74, 6) is 0. The summed E-state index contributed by atoms with van der Waals surface area (Å²) < 4.78 is 0. The number of nitrogens with two attached hydrogens (primary N) is 1. The topological polar surface area (TPSA) is 111 Å². The highest BCUT2D eigenvalue weighted by atomic mass is 16.3. The van der Waals surface area contributed by atoms with Gasteiger partial charge in [0.25, 0.3) is 0 Å². The van der Waals surface area contributed by atoms with Crippen LogP contribution in [-0.2, 0) is 0 Å². The summed E-state index contributed by atoms with van der Waals surface area (Å²) in [5, 5.41) is 21.5. The average molecular weight is 266 g/mol. The largest absolute Gasteiger partial charge is 0.395 e. The Morgan fingerprint density at radius 1 is 1.26 bits per heavy atom. The number of aliphatic hydroxyl groups is 2. The van der Waals surface area contributed by atoms with Crippen LogP contribution in [0.2, 0.25) is 0 Å². The van der Waals surface area contributed by atoms with Crippen LogP contribution in [0.5, 0.6) is 0 Å². The van der Waals surface area contributed by atoms with Gasteiger partial charge in [0, 0.05) is 18.8 Å². The van der Waals surface area contributed by atoms with Gasteiger partial charge in [-0.25, -0.2) is 10.2 Å². The Morgan fingerprint density at radius 2 is 1.84 bits per heavy atom. The van der Waals surface area contributed by atoms with Crippen LogP contribution in [-0.4, -0.2) is 48.8 Å². The molecule has 1 aromatic rings. The Labute approximate surface area is 111 Å². The maximum Gasteiger partial charge on any atom is 0.332 e. The van der Waals surface area contributed by atoms with Crippen LogP contribution in [0.25, 0.3) is 0 Å². The summed E-state index contributed by atoms with van der Waals surface area (Å²) in [7, 11) is 0. The normalized spacial score (nSPS) is 10.6. The molecule has 1 rings (SSSR count). The molecule has 0 spiro atoms. The van der Waals surface area contributed by atoms with Gasteiger partial charge in [0.2, 0.25) is 0 Å². The number of hydrogen-bond acceptors (Lipinski definition) is 5. The van der Waals surface area contributed by atoms with E-state index in [2.05, 4.69) is 10.5 Å². The molecule has 7 nitrogen and oxygen atoms in total. The number of nitrogens with zero attached hydrogens (tertiary/aromatic N) is 2. The predicted molar refractivity (Wildman–Crippen MR) is 73.1 cm³/mol. The monoisotopic (exact) mass is 266 g/mol. The summed E-state index contributed by atoms with van der Waals surface area (Å²) >= 11 is 0. The Balaban J connectivity index is 2.68. The molecule has 0 aliphatic heterocycles. The van der Waals surface area contributed by atoms with E-state index in [1.807, 2.05) is 29.2 Å². The molecule has 7 heteroatoms. The second-order valence-corrected chi connectivity index (χ2v) is 3.76. The molecule has 0 saturated heterocycles. The molecule has 0 aliphatic carbocycles. The summed E-state index contributed by atoms with van der Waals surface area (Å²) in [4.78, 5) is 12.3. The van der Waals surface area contributed by atoms with Crippen LogP contribution in [0.4, 0.5) is 10.5 Å². The fourth-order valence-electron chi connectivity index (χ4n) is 1.55. The Bertz CT molecular complexity index is 413. The van der Waals surface area contributed by atoms with Crippen LogP contribution < -0.4 is 16.1 Å². The molecular formula is C12H18N4O3. The number of hydrogen-bond donors (Lipinski definition) is 4. The molecule has 0 bridgehead atoms. The van der Waals surface area contributed by atoms with Crippen LogP contribution >= 0.6 is 0 Å². The molecule has 104 valence electrons. The number of amides is 2. The summed E-state index contributed by atoms with van der Waals surface area (Å²) in [6, 6.07) is 6.59. The van der Waals surface area contributed by atoms with Gasteiger partial charge in [0.05, 0.1) is 19.4 Å². The Hall–Kier alpha value is -2.12. The van der Waals surface area contributed by atoms with E-state index in [-0.39, 0.29) is 13.2 Å². The third-order valence-corrected chi connectivity index (χ3v) is 2.39. The number of aliphatic hydroxyl groups excluding tert-OH is 2. The number of primary amides is 1. The van der Waals surface area contributed by atoms with Crippen molar-refractivity contribution in [3.05, 3.63) is 29.8 Å². The van der Waals surface area contributed by atoms with E-state index < -0.39 is 6.03 Å². The average Bonchev–Trinajstić information content (AvgIpc) is 2.39. The predicted octanol–water partition coefficient (Wildman–Crippen LogP) is -0.520. The third-order valence-electron chi connectivity index (χ3n) is 2.39. The highest BCUT2D eigenvalue weighted by Crippen LogP contribution is 2.14. The van der Waals surface area contributed by atoms with Crippen molar-refractivity contribution < 1.29 is 15.0 Å². The van der Waals surface area contributed by atoms with E-state index in [4.69, 9.17) is 15.9 Å². The smallest absolute Gasteiger partial charge is 0.332 e. The summed E-state index contributed by atoms with van der Waals surface area (Å²) in [6.45, 7) is 0.950. The van der Waals surface area contributed by atoms with Crippen LogP contribution in [0.3, 0.4) is 0 Å². The van der Waals surface area contributed by atoms with Gasteiger partial charge in [-0.2, -0.15) is 5.10 Å². The fraction of sp³-hybridized carbons (Fsp3) is 0.333. The minimum absolute atomic E-state index is 0.0196.